The minimum absolute atomic E-state index is 0.106. The Hall–Kier alpha value is -1.34. The van der Waals surface area contributed by atoms with E-state index in [1.54, 1.807) is 0 Å². The Morgan fingerprint density at radius 2 is 1.95 bits per heavy atom. The molecular weight excluding hydrogens is 304 g/mol. The molecule has 0 atom stereocenters. The minimum atomic E-state index is -4.49. The number of thiazole rings is 1. The van der Waals surface area contributed by atoms with Gasteiger partial charge < -0.3 is 4.90 Å². The topological polar surface area (TPSA) is 16.1 Å². The Morgan fingerprint density at radius 1 is 1.26 bits per heavy atom. The van der Waals surface area contributed by atoms with E-state index in [9.17, 15) is 17.6 Å². The molecule has 0 bridgehead atoms. The van der Waals surface area contributed by atoms with Gasteiger partial charge in [0.1, 0.15) is 5.82 Å². The number of benzene rings is 1. The Kier molecular flexibility index (Phi) is 3.69. The highest BCUT2D eigenvalue weighted by Crippen LogP contribution is 2.35. The zero-order valence-electron chi connectivity index (χ0n) is 9.50. The van der Waals surface area contributed by atoms with Crippen LogP contribution in [0.3, 0.4) is 0 Å². The van der Waals surface area contributed by atoms with Crippen LogP contribution in [0, 0.1) is 5.82 Å². The second-order valence-electron chi connectivity index (χ2n) is 3.70. The van der Waals surface area contributed by atoms with Gasteiger partial charge in [0, 0.05) is 23.1 Å². The first-order chi connectivity index (χ1) is 8.77. The lowest BCUT2D eigenvalue weighted by Crippen LogP contribution is -2.11. The number of anilines is 2. The summed E-state index contributed by atoms with van der Waals surface area (Å²) in [6.07, 6.45) is -4.49. The van der Waals surface area contributed by atoms with Crippen LogP contribution in [-0.4, -0.2) is 12.0 Å². The van der Waals surface area contributed by atoms with Crippen LogP contribution in [0.25, 0.3) is 0 Å². The first-order valence-electron chi connectivity index (χ1n) is 5.00. The van der Waals surface area contributed by atoms with Crippen LogP contribution in [-0.2, 0) is 6.18 Å². The van der Waals surface area contributed by atoms with Gasteiger partial charge in [-0.15, -0.1) is 11.3 Å². The maximum atomic E-state index is 13.2. The maximum absolute atomic E-state index is 13.2. The predicted octanol–water partition coefficient (Wildman–Crippen LogP) is 4.72. The van der Waals surface area contributed by atoms with Crippen LogP contribution in [0.15, 0.2) is 23.6 Å². The van der Waals surface area contributed by atoms with E-state index in [1.807, 2.05) is 0 Å². The van der Waals surface area contributed by atoms with Crippen molar-refractivity contribution in [3.63, 3.8) is 0 Å². The van der Waals surface area contributed by atoms with Crippen LogP contribution >= 0.6 is 22.9 Å². The summed E-state index contributed by atoms with van der Waals surface area (Å²) in [4.78, 5) is 4.81. The molecule has 2 aromatic rings. The Morgan fingerprint density at radius 3 is 2.47 bits per heavy atom. The molecule has 0 radical (unpaired) electrons. The summed E-state index contributed by atoms with van der Waals surface area (Å²) in [5.41, 5.74) is -0.644. The number of nitrogens with zero attached hydrogens (tertiary/aromatic N) is 2. The molecule has 1 aromatic heterocycles. The molecule has 0 fully saturated rings. The molecule has 2 rings (SSSR count). The van der Waals surface area contributed by atoms with E-state index in [0.29, 0.717) is 5.69 Å². The lowest BCUT2D eigenvalue weighted by atomic mass is 10.3. The Balaban J connectivity index is 2.33. The second kappa shape index (κ2) is 4.97. The molecule has 0 aliphatic heterocycles. The minimum Gasteiger partial charge on any atom is -0.321 e. The van der Waals surface area contributed by atoms with Gasteiger partial charge in [-0.25, -0.2) is 9.37 Å². The molecule has 1 aromatic carbocycles. The number of aromatic nitrogens is 1. The molecule has 0 aliphatic rings. The monoisotopic (exact) mass is 310 g/mol. The Bertz CT molecular complexity index is 576. The molecule has 0 saturated carbocycles. The molecule has 8 heteroatoms. The molecule has 0 aliphatic carbocycles. The predicted molar refractivity (Wildman–Crippen MR) is 66.6 cm³/mol. The molecular formula is C11H7ClF4N2S. The first kappa shape index (κ1) is 14.1. The van der Waals surface area contributed by atoms with Gasteiger partial charge in [0.2, 0.25) is 0 Å². The fourth-order valence-corrected chi connectivity index (χ4v) is 2.43. The first-order valence-corrected chi connectivity index (χ1v) is 6.25. The molecule has 0 N–H and O–H groups in total. The maximum Gasteiger partial charge on any atom is 0.434 e. The largest absolute Gasteiger partial charge is 0.434 e. The van der Waals surface area contributed by atoms with Gasteiger partial charge in [0.15, 0.2) is 10.8 Å². The van der Waals surface area contributed by atoms with Crippen molar-refractivity contribution in [3.05, 3.63) is 40.1 Å². The summed E-state index contributed by atoms with van der Waals surface area (Å²) in [5, 5.41) is 1.18. The number of halogens is 5. The summed E-state index contributed by atoms with van der Waals surface area (Å²) in [6.45, 7) is 0. The fourth-order valence-electron chi connectivity index (χ4n) is 1.39. The molecule has 2 nitrogen and oxygen atoms in total. The van der Waals surface area contributed by atoms with Crippen molar-refractivity contribution in [1.82, 2.24) is 4.98 Å². The average Bonchev–Trinajstić information content (AvgIpc) is 2.75. The Labute approximate surface area is 115 Å². The summed E-state index contributed by atoms with van der Waals surface area (Å²) in [5.74, 6) is -0.568. The van der Waals surface area contributed by atoms with E-state index in [0.717, 1.165) is 22.8 Å². The standard InChI is InChI=1S/C11H7ClF4N2S/c1-18(8-3-6(12)2-7(13)4-8)10-17-9(5-19-10)11(14,15)16/h2-5H,1H3. The van der Waals surface area contributed by atoms with Gasteiger partial charge in [-0.2, -0.15) is 13.2 Å². The van der Waals surface area contributed by atoms with Crippen molar-refractivity contribution in [2.75, 3.05) is 11.9 Å². The molecule has 0 saturated heterocycles. The lowest BCUT2D eigenvalue weighted by molar-refractivity contribution is -0.140. The van der Waals surface area contributed by atoms with Crippen LogP contribution < -0.4 is 4.90 Å². The third-order valence-electron chi connectivity index (χ3n) is 2.30. The lowest BCUT2D eigenvalue weighted by Gasteiger charge is -2.16. The summed E-state index contributed by atoms with van der Waals surface area (Å²) >= 11 is 6.52. The highest BCUT2D eigenvalue weighted by atomic mass is 35.5. The van der Waals surface area contributed by atoms with Gasteiger partial charge in [0.25, 0.3) is 0 Å². The van der Waals surface area contributed by atoms with Gasteiger partial charge in [-0.3, -0.25) is 0 Å². The average molecular weight is 311 g/mol. The van der Waals surface area contributed by atoms with Crippen molar-refractivity contribution < 1.29 is 17.6 Å². The van der Waals surface area contributed by atoms with Crippen LogP contribution in [0.1, 0.15) is 5.69 Å². The van der Waals surface area contributed by atoms with Crippen LogP contribution in [0.2, 0.25) is 5.02 Å². The quantitative estimate of drug-likeness (QED) is 0.746. The third kappa shape index (κ3) is 3.16. The smallest absolute Gasteiger partial charge is 0.321 e. The van der Waals surface area contributed by atoms with E-state index < -0.39 is 17.7 Å². The normalized spacial score (nSPS) is 11.7. The molecule has 102 valence electrons. The van der Waals surface area contributed by atoms with Crippen molar-refractivity contribution in [2.24, 2.45) is 0 Å². The van der Waals surface area contributed by atoms with Gasteiger partial charge in [-0.05, 0) is 18.2 Å². The molecule has 0 unspecified atom stereocenters. The summed E-state index contributed by atoms with van der Waals surface area (Å²) in [6, 6.07) is 3.72. The van der Waals surface area contributed by atoms with E-state index >= 15 is 0 Å². The van der Waals surface area contributed by atoms with Crippen LogP contribution in [0.5, 0.6) is 0 Å². The molecule has 19 heavy (non-hydrogen) atoms. The van der Waals surface area contributed by atoms with Gasteiger partial charge in [0.05, 0.1) is 0 Å². The second-order valence-corrected chi connectivity index (χ2v) is 4.97. The van der Waals surface area contributed by atoms with E-state index in [1.165, 1.54) is 24.1 Å². The molecule has 0 amide bonds. The van der Waals surface area contributed by atoms with E-state index in [-0.39, 0.29) is 10.2 Å². The van der Waals surface area contributed by atoms with Gasteiger partial charge >= 0.3 is 6.18 Å². The number of hydrogen-bond acceptors (Lipinski definition) is 3. The SMILES string of the molecule is CN(c1cc(F)cc(Cl)c1)c1nc(C(F)(F)F)cs1. The van der Waals surface area contributed by atoms with Crippen molar-refractivity contribution in [2.45, 2.75) is 6.18 Å². The molecule has 0 spiro atoms. The number of rotatable bonds is 2. The fraction of sp³-hybridized carbons (Fsp3) is 0.182. The zero-order chi connectivity index (χ0) is 14.2. The van der Waals surface area contributed by atoms with Crippen molar-refractivity contribution in [1.29, 1.82) is 0 Å². The van der Waals surface area contributed by atoms with Crippen LogP contribution in [0.4, 0.5) is 28.4 Å². The summed E-state index contributed by atoms with van der Waals surface area (Å²) < 4.78 is 50.5. The number of hydrogen-bond donors (Lipinski definition) is 0. The van der Waals surface area contributed by atoms with Crippen molar-refractivity contribution in [3.8, 4) is 0 Å². The van der Waals surface area contributed by atoms with Crippen molar-refractivity contribution >= 4 is 33.8 Å². The number of alkyl halides is 3. The highest BCUT2D eigenvalue weighted by molar-refractivity contribution is 7.13. The summed E-state index contributed by atoms with van der Waals surface area (Å²) in [7, 11) is 1.49. The van der Waals surface area contributed by atoms with Gasteiger partial charge in [-0.1, -0.05) is 11.6 Å². The molecule has 1 heterocycles. The third-order valence-corrected chi connectivity index (χ3v) is 3.44. The van der Waals surface area contributed by atoms with E-state index in [4.69, 9.17) is 11.6 Å². The highest BCUT2D eigenvalue weighted by Gasteiger charge is 2.34. The zero-order valence-corrected chi connectivity index (χ0v) is 11.1. The van der Waals surface area contributed by atoms with E-state index in [2.05, 4.69) is 4.98 Å².